The predicted molar refractivity (Wildman–Crippen MR) is 131 cm³/mol. The monoisotopic (exact) mass is 583 g/mol. The minimum atomic E-state index is -1.31. The number of carbonyl (C=O) groups is 4. The van der Waals surface area contributed by atoms with Crippen molar-refractivity contribution in [2.45, 2.75) is 45.4 Å². The normalized spacial score (nSPS) is 21.1. The fourth-order valence-corrected chi connectivity index (χ4v) is 3.94. The van der Waals surface area contributed by atoms with Gasteiger partial charge in [0.15, 0.2) is 12.2 Å². The van der Waals surface area contributed by atoms with Gasteiger partial charge in [-0.2, -0.15) is 0 Å². The summed E-state index contributed by atoms with van der Waals surface area (Å²) in [5.41, 5.74) is 0.636. The van der Waals surface area contributed by atoms with Crippen molar-refractivity contribution in [1.82, 2.24) is 0 Å². The third-order valence-corrected chi connectivity index (χ3v) is 5.58. The number of benzene rings is 2. The van der Waals surface area contributed by atoms with E-state index in [-0.39, 0.29) is 17.9 Å². The van der Waals surface area contributed by atoms with Crippen LogP contribution < -0.4 is 10.1 Å². The Hall–Kier alpha value is -3.15. The van der Waals surface area contributed by atoms with E-state index in [2.05, 4.69) is 21.2 Å². The molecule has 2 aromatic rings. The van der Waals surface area contributed by atoms with Crippen LogP contribution in [0.15, 0.2) is 46.9 Å². The van der Waals surface area contributed by atoms with E-state index < -0.39 is 48.4 Å². The topological polar surface area (TPSA) is 126 Å². The summed E-state index contributed by atoms with van der Waals surface area (Å²) in [4.78, 5) is 48.2. The Morgan fingerprint density at radius 3 is 2.14 bits per heavy atom. The molecule has 1 saturated heterocycles. The number of halogens is 2. The van der Waals surface area contributed by atoms with Gasteiger partial charge in [0.2, 0.25) is 12.4 Å². The van der Waals surface area contributed by atoms with Crippen molar-refractivity contribution >= 4 is 57.0 Å². The molecule has 0 aliphatic carbocycles. The molecule has 1 amide bonds. The van der Waals surface area contributed by atoms with Gasteiger partial charge >= 0.3 is 17.9 Å². The number of anilines is 1. The molecule has 0 unspecified atom stereocenters. The number of carbonyl (C=O) groups excluding carboxylic acids is 4. The molecule has 2 aromatic carbocycles. The van der Waals surface area contributed by atoms with Crippen LogP contribution in [0.5, 0.6) is 5.75 Å². The summed E-state index contributed by atoms with van der Waals surface area (Å²) in [6, 6.07) is 11.2. The number of rotatable bonds is 7. The van der Waals surface area contributed by atoms with Crippen LogP contribution >= 0.6 is 27.5 Å². The highest BCUT2D eigenvalue weighted by Crippen LogP contribution is 2.30. The first-order chi connectivity index (χ1) is 17.0. The van der Waals surface area contributed by atoms with E-state index in [4.69, 9.17) is 35.3 Å². The maximum atomic E-state index is 13.1. The number of hydrogen-bond donors (Lipinski definition) is 1. The molecule has 1 N–H and O–H groups in total. The molecule has 3 rings (SSSR count). The zero-order valence-electron chi connectivity index (χ0n) is 19.5. The molecule has 0 aromatic heterocycles. The lowest BCUT2D eigenvalue weighted by Crippen LogP contribution is -2.59. The lowest BCUT2D eigenvalue weighted by Gasteiger charge is -2.40. The molecule has 36 heavy (non-hydrogen) atoms. The lowest BCUT2D eigenvalue weighted by atomic mass is 10.0. The summed E-state index contributed by atoms with van der Waals surface area (Å²) < 4.78 is 28.1. The summed E-state index contributed by atoms with van der Waals surface area (Å²) in [5.74, 6) is -2.45. The quantitative estimate of drug-likeness (QED) is 0.381. The molecule has 1 fully saturated rings. The maximum absolute atomic E-state index is 13.1. The van der Waals surface area contributed by atoms with Crippen LogP contribution in [-0.4, -0.2) is 55.0 Å². The molecular formula is C24H23BrClNO9. The molecular weight excluding hydrogens is 562 g/mol. The lowest BCUT2D eigenvalue weighted by molar-refractivity contribution is -0.259. The minimum absolute atomic E-state index is 0.0966. The Morgan fingerprint density at radius 2 is 1.53 bits per heavy atom. The fraction of sp³-hybridized carbons (Fsp3) is 0.333. The summed E-state index contributed by atoms with van der Waals surface area (Å²) in [7, 11) is 0. The fourth-order valence-electron chi connectivity index (χ4n) is 3.45. The number of hydrogen-bond acceptors (Lipinski definition) is 9. The van der Waals surface area contributed by atoms with Crippen LogP contribution in [0.3, 0.4) is 0 Å². The van der Waals surface area contributed by atoms with Gasteiger partial charge in [0.25, 0.3) is 5.91 Å². The van der Waals surface area contributed by atoms with Crippen LogP contribution in [0.2, 0.25) is 5.02 Å². The SMILES string of the molecule is CC(=O)O[C@@H]1[C@@H](OC(C)=O)[C@H](Oc2ccc(Br)cc2C(=O)Nc2ccc(Cl)cc2)OC[C@H]1OC(C)=O. The van der Waals surface area contributed by atoms with Crippen molar-refractivity contribution < 1.29 is 42.9 Å². The summed E-state index contributed by atoms with van der Waals surface area (Å²) in [6.45, 7) is 3.28. The van der Waals surface area contributed by atoms with E-state index in [9.17, 15) is 19.2 Å². The van der Waals surface area contributed by atoms with Crippen LogP contribution in [0.25, 0.3) is 0 Å². The highest BCUT2D eigenvalue weighted by Gasteiger charge is 2.48. The second-order valence-electron chi connectivity index (χ2n) is 7.72. The third kappa shape index (κ3) is 7.42. The van der Waals surface area contributed by atoms with Crippen molar-refractivity contribution in [2.75, 3.05) is 11.9 Å². The van der Waals surface area contributed by atoms with Gasteiger partial charge in [0.1, 0.15) is 5.75 Å². The molecule has 4 atom stereocenters. The van der Waals surface area contributed by atoms with Crippen LogP contribution in [0, 0.1) is 0 Å². The Morgan fingerprint density at radius 1 is 0.917 bits per heavy atom. The zero-order valence-corrected chi connectivity index (χ0v) is 21.8. The first-order valence-electron chi connectivity index (χ1n) is 10.7. The molecule has 0 radical (unpaired) electrons. The predicted octanol–water partition coefficient (Wildman–Crippen LogP) is 3.89. The van der Waals surface area contributed by atoms with Gasteiger partial charge in [-0.25, -0.2) is 0 Å². The summed E-state index contributed by atoms with van der Waals surface area (Å²) >= 11 is 9.24. The van der Waals surface area contributed by atoms with Gasteiger partial charge in [-0.1, -0.05) is 27.5 Å². The third-order valence-electron chi connectivity index (χ3n) is 4.84. The van der Waals surface area contributed by atoms with Crippen molar-refractivity contribution in [1.29, 1.82) is 0 Å². The average Bonchev–Trinajstić information content (AvgIpc) is 2.79. The van der Waals surface area contributed by atoms with Gasteiger partial charge in [0, 0.05) is 36.0 Å². The van der Waals surface area contributed by atoms with E-state index in [1.807, 2.05) is 0 Å². The molecule has 0 saturated carbocycles. The molecule has 0 spiro atoms. The first-order valence-corrected chi connectivity index (χ1v) is 11.9. The number of amides is 1. The molecule has 10 nitrogen and oxygen atoms in total. The number of nitrogens with one attached hydrogen (secondary N) is 1. The Labute approximate surface area is 220 Å². The highest BCUT2D eigenvalue weighted by molar-refractivity contribution is 9.10. The van der Waals surface area contributed by atoms with E-state index in [1.165, 1.54) is 19.1 Å². The van der Waals surface area contributed by atoms with Gasteiger partial charge in [-0.3, -0.25) is 19.2 Å². The Balaban J connectivity index is 1.90. The highest BCUT2D eigenvalue weighted by atomic mass is 79.9. The molecule has 1 aliphatic heterocycles. The number of esters is 3. The second-order valence-corrected chi connectivity index (χ2v) is 9.07. The largest absolute Gasteiger partial charge is 0.460 e. The van der Waals surface area contributed by atoms with Gasteiger partial charge < -0.3 is 29.0 Å². The summed E-state index contributed by atoms with van der Waals surface area (Å²) in [5, 5.41) is 3.26. The van der Waals surface area contributed by atoms with Crippen molar-refractivity contribution in [3.63, 3.8) is 0 Å². The summed E-state index contributed by atoms with van der Waals surface area (Å²) in [6.07, 6.45) is -4.86. The van der Waals surface area contributed by atoms with Crippen molar-refractivity contribution in [3.8, 4) is 5.75 Å². The van der Waals surface area contributed by atoms with Crippen molar-refractivity contribution in [2.24, 2.45) is 0 Å². The minimum Gasteiger partial charge on any atom is -0.460 e. The molecule has 1 heterocycles. The van der Waals surface area contributed by atoms with E-state index in [0.717, 1.165) is 13.8 Å². The zero-order chi connectivity index (χ0) is 26.4. The second kappa shape index (κ2) is 12.2. The van der Waals surface area contributed by atoms with Crippen LogP contribution in [0.1, 0.15) is 31.1 Å². The van der Waals surface area contributed by atoms with Gasteiger partial charge in [-0.15, -0.1) is 0 Å². The van der Waals surface area contributed by atoms with Gasteiger partial charge in [-0.05, 0) is 42.5 Å². The van der Waals surface area contributed by atoms with E-state index in [1.54, 1.807) is 30.3 Å². The molecule has 192 valence electrons. The smallest absolute Gasteiger partial charge is 0.303 e. The standard InChI is InChI=1S/C24H23BrClNO9/c1-12(28)33-20-11-32-24(22(35-14(3)30)21(20)34-13(2)29)36-19-9-4-15(25)10-18(19)23(31)27-17-7-5-16(26)6-8-17/h4-10,20-22,24H,11H2,1-3H3,(H,27,31)/t20-,21+,22-,24+/m1/s1. The van der Waals surface area contributed by atoms with Gasteiger partial charge in [0.05, 0.1) is 12.2 Å². The maximum Gasteiger partial charge on any atom is 0.303 e. The Kier molecular flexibility index (Phi) is 9.30. The molecule has 0 bridgehead atoms. The average molecular weight is 585 g/mol. The molecule has 1 aliphatic rings. The van der Waals surface area contributed by atoms with Crippen molar-refractivity contribution in [3.05, 3.63) is 57.5 Å². The first kappa shape index (κ1) is 27.4. The number of ether oxygens (including phenoxy) is 5. The Bertz CT molecular complexity index is 1140. The van der Waals surface area contributed by atoms with Crippen LogP contribution in [-0.2, 0) is 33.3 Å². The van der Waals surface area contributed by atoms with Crippen LogP contribution in [0.4, 0.5) is 5.69 Å². The van der Waals surface area contributed by atoms with E-state index in [0.29, 0.717) is 15.2 Å². The molecule has 12 heteroatoms. The van der Waals surface area contributed by atoms with E-state index >= 15 is 0 Å².